The van der Waals surface area contributed by atoms with Crippen LogP contribution in [-0.4, -0.2) is 47.0 Å². The normalized spacial score (nSPS) is 24.8. The number of aliphatic hydroxyl groups excluding tert-OH is 2. The van der Waals surface area contributed by atoms with E-state index in [4.69, 9.17) is 4.74 Å². The Morgan fingerprint density at radius 1 is 0.917 bits per heavy atom. The summed E-state index contributed by atoms with van der Waals surface area (Å²) in [7, 11) is 0. The van der Waals surface area contributed by atoms with Crippen LogP contribution in [0.25, 0.3) is 0 Å². The van der Waals surface area contributed by atoms with Gasteiger partial charge in [-0.1, -0.05) is 60.7 Å². The Kier molecular flexibility index (Phi) is 5.99. The summed E-state index contributed by atoms with van der Waals surface area (Å²) in [5.41, 5.74) is 2.32. The Labute approximate surface area is 143 Å². The number of piperidine rings is 1. The number of nitrogens with zero attached hydrogens (tertiary/aromatic N) is 1. The molecule has 2 aromatic rings. The third kappa shape index (κ3) is 4.42. The minimum Gasteiger partial charge on any atom is -0.396 e. The number of rotatable bonds is 6. The molecule has 0 aliphatic carbocycles. The molecule has 128 valence electrons. The lowest BCUT2D eigenvalue weighted by atomic mass is 9.92. The van der Waals surface area contributed by atoms with Gasteiger partial charge in [-0.2, -0.15) is 0 Å². The van der Waals surface area contributed by atoms with Gasteiger partial charge in [-0.25, -0.2) is 0 Å². The zero-order valence-corrected chi connectivity index (χ0v) is 13.8. The van der Waals surface area contributed by atoms with Crippen LogP contribution in [0.3, 0.4) is 0 Å². The van der Waals surface area contributed by atoms with E-state index < -0.39 is 6.10 Å². The summed E-state index contributed by atoms with van der Waals surface area (Å²) in [6.45, 7) is 2.59. The molecular formula is C20H25NO3. The van der Waals surface area contributed by atoms with Gasteiger partial charge in [0.1, 0.15) is 0 Å². The van der Waals surface area contributed by atoms with Crippen LogP contribution < -0.4 is 0 Å². The maximum Gasteiger partial charge on any atom is 0.0969 e. The molecule has 3 atom stereocenters. The Bertz CT molecular complexity index is 605. The van der Waals surface area contributed by atoms with Crippen molar-refractivity contribution >= 4 is 0 Å². The minimum absolute atomic E-state index is 0.0301. The summed E-state index contributed by atoms with van der Waals surface area (Å²) in [5.74, 6) is -0.178. The van der Waals surface area contributed by atoms with E-state index in [0.29, 0.717) is 19.7 Å². The highest BCUT2D eigenvalue weighted by molar-refractivity contribution is 5.15. The maximum absolute atomic E-state index is 10.5. The standard InChI is InChI=1S/C20H25NO3/c22-14-18-12-21(11-16-7-3-1-4-8-16)13-19(20(18)23)24-15-17-9-5-2-6-10-17/h1-10,18-20,22-23H,11-15H2/t18?,19-,20+/m0/s1. The molecule has 1 saturated heterocycles. The SMILES string of the molecule is OCC1CN(Cc2ccccc2)C[C@H](OCc2ccccc2)[C@@H]1O. The van der Waals surface area contributed by atoms with Gasteiger partial charge in [-0.05, 0) is 11.1 Å². The van der Waals surface area contributed by atoms with E-state index in [1.54, 1.807) is 0 Å². The van der Waals surface area contributed by atoms with E-state index in [1.807, 2.05) is 48.5 Å². The Balaban J connectivity index is 1.63. The van der Waals surface area contributed by atoms with Gasteiger partial charge >= 0.3 is 0 Å². The van der Waals surface area contributed by atoms with Crippen LogP contribution in [0.5, 0.6) is 0 Å². The number of benzene rings is 2. The summed E-state index contributed by atoms with van der Waals surface area (Å²) in [5, 5.41) is 20.1. The zero-order valence-electron chi connectivity index (χ0n) is 13.8. The smallest absolute Gasteiger partial charge is 0.0969 e. The average molecular weight is 327 g/mol. The quantitative estimate of drug-likeness (QED) is 0.853. The highest BCUT2D eigenvalue weighted by Crippen LogP contribution is 2.22. The monoisotopic (exact) mass is 327 g/mol. The van der Waals surface area contributed by atoms with Gasteiger partial charge in [0.25, 0.3) is 0 Å². The fraction of sp³-hybridized carbons (Fsp3) is 0.400. The number of hydrogen-bond acceptors (Lipinski definition) is 4. The first-order valence-corrected chi connectivity index (χ1v) is 8.47. The topological polar surface area (TPSA) is 52.9 Å². The lowest BCUT2D eigenvalue weighted by Gasteiger charge is -2.40. The second-order valence-electron chi connectivity index (χ2n) is 6.45. The van der Waals surface area contributed by atoms with Crippen molar-refractivity contribution in [3.63, 3.8) is 0 Å². The van der Waals surface area contributed by atoms with Crippen LogP contribution in [0.1, 0.15) is 11.1 Å². The number of aliphatic hydroxyl groups is 2. The number of likely N-dealkylation sites (tertiary alicyclic amines) is 1. The first-order chi connectivity index (χ1) is 11.8. The molecule has 0 saturated carbocycles. The molecule has 4 heteroatoms. The molecule has 4 nitrogen and oxygen atoms in total. The molecule has 2 N–H and O–H groups in total. The van der Waals surface area contributed by atoms with Gasteiger partial charge < -0.3 is 14.9 Å². The first kappa shape index (κ1) is 17.1. The summed E-state index contributed by atoms with van der Waals surface area (Å²) in [6.07, 6.45) is -0.925. The van der Waals surface area contributed by atoms with Crippen LogP contribution in [0.15, 0.2) is 60.7 Å². The second kappa shape index (κ2) is 8.40. The van der Waals surface area contributed by atoms with Crippen molar-refractivity contribution in [2.45, 2.75) is 25.4 Å². The van der Waals surface area contributed by atoms with Crippen molar-refractivity contribution in [1.29, 1.82) is 0 Å². The van der Waals surface area contributed by atoms with Gasteiger partial charge in [-0.3, -0.25) is 4.90 Å². The minimum atomic E-state index is -0.634. The summed E-state index contributed by atoms with van der Waals surface area (Å²) < 4.78 is 5.98. The Morgan fingerprint density at radius 2 is 1.54 bits per heavy atom. The highest BCUT2D eigenvalue weighted by atomic mass is 16.5. The van der Waals surface area contributed by atoms with Crippen molar-refractivity contribution < 1.29 is 14.9 Å². The van der Waals surface area contributed by atoms with Gasteiger partial charge in [0.15, 0.2) is 0 Å². The van der Waals surface area contributed by atoms with E-state index >= 15 is 0 Å². The molecular weight excluding hydrogens is 302 g/mol. The number of hydrogen-bond donors (Lipinski definition) is 2. The van der Waals surface area contributed by atoms with Crippen LogP contribution in [0.2, 0.25) is 0 Å². The molecule has 0 radical (unpaired) electrons. The molecule has 24 heavy (non-hydrogen) atoms. The van der Waals surface area contributed by atoms with Crippen LogP contribution in [0.4, 0.5) is 0 Å². The van der Waals surface area contributed by atoms with E-state index in [9.17, 15) is 10.2 Å². The molecule has 1 aliphatic rings. The van der Waals surface area contributed by atoms with Crippen molar-refractivity contribution in [3.05, 3.63) is 71.8 Å². The molecule has 1 unspecified atom stereocenters. The Morgan fingerprint density at radius 3 is 2.17 bits per heavy atom. The van der Waals surface area contributed by atoms with Crippen molar-refractivity contribution in [2.24, 2.45) is 5.92 Å². The molecule has 1 aliphatic heterocycles. The molecule has 1 fully saturated rings. The summed E-state index contributed by atoms with van der Waals surface area (Å²) in [6, 6.07) is 20.2. The molecule has 2 aromatic carbocycles. The fourth-order valence-electron chi connectivity index (χ4n) is 3.25. The molecule has 1 heterocycles. The van der Waals surface area contributed by atoms with E-state index in [2.05, 4.69) is 17.0 Å². The molecule has 0 bridgehead atoms. The van der Waals surface area contributed by atoms with E-state index in [1.165, 1.54) is 5.56 Å². The third-order valence-electron chi connectivity index (χ3n) is 4.59. The van der Waals surface area contributed by atoms with Crippen LogP contribution in [-0.2, 0) is 17.9 Å². The Hall–Kier alpha value is -1.72. The van der Waals surface area contributed by atoms with Gasteiger partial charge in [0, 0.05) is 32.2 Å². The van der Waals surface area contributed by atoms with E-state index in [0.717, 1.165) is 12.1 Å². The molecule has 0 spiro atoms. The first-order valence-electron chi connectivity index (χ1n) is 8.47. The lowest BCUT2D eigenvalue weighted by molar-refractivity contribution is -0.122. The van der Waals surface area contributed by atoms with Crippen molar-refractivity contribution in [1.82, 2.24) is 4.90 Å². The maximum atomic E-state index is 10.5. The van der Waals surface area contributed by atoms with Crippen molar-refractivity contribution in [3.8, 4) is 0 Å². The fourth-order valence-corrected chi connectivity index (χ4v) is 3.25. The summed E-state index contributed by atoms with van der Waals surface area (Å²) >= 11 is 0. The largest absolute Gasteiger partial charge is 0.396 e. The molecule has 0 aromatic heterocycles. The van der Waals surface area contributed by atoms with Crippen LogP contribution in [0, 0.1) is 5.92 Å². The van der Waals surface area contributed by atoms with Gasteiger partial charge in [-0.15, -0.1) is 0 Å². The second-order valence-corrected chi connectivity index (χ2v) is 6.45. The predicted octanol–water partition coefficient (Wildman–Crippen LogP) is 2.06. The number of ether oxygens (including phenoxy) is 1. The highest BCUT2D eigenvalue weighted by Gasteiger charge is 2.35. The average Bonchev–Trinajstić information content (AvgIpc) is 2.63. The molecule has 3 rings (SSSR count). The molecule has 0 amide bonds. The van der Waals surface area contributed by atoms with Crippen molar-refractivity contribution in [2.75, 3.05) is 19.7 Å². The van der Waals surface area contributed by atoms with Gasteiger partial charge in [0.2, 0.25) is 0 Å². The predicted molar refractivity (Wildman–Crippen MR) is 93.3 cm³/mol. The van der Waals surface area contributed by atoms with Crippen LogP contribution >= 0.6 is 0 Å². The van der Waals surface area contributed by atoms with Gasteiger partial charge in [0.05, 0.1) is 18.8 Å². The zero-order chi connectivity index (χ0) is 16.8. The lowest BCUT2D eigenvalue weighted by Crippen LogP contribution is -2.54. The van der Waals surface area contributed by atoms with E-state index in [-0.39, 0.29) is 18.6 Å². The third-order valence-corrected chi connectivity index (χ3v) is 4.59. The summed E-state index contributed by atoms with van der Waals surface area (Å²) in [4.78, 5) is 2.25.